The molecule has 1 unspecified atom stereocenters. The average Bonchev–Trinajstić information content (AvgIpc) is 3.01. The van der Waals surface area contributed by atoms with Crippen LogP contribution in [0.5, 0.6) is 0 Å². The van der Waals surface area contributed by atoms with Crippen molar-refractivity contribution < 1.29 is 14.7 Å². The van der Waals surface area contributed by atoms with Crippen molar-refractivity contribution >= 4 is 29.5 Å². The topological polar surface area (TPSA) is 95.4 Å². The maximum Gasteiger partial charge on any atom is 0.327 e. The summed E-state index contributed by atoms with van der Waals surface area (Å²) in [6.07, 6.45) is 3.29. The largest absolute Gasteiger partial charge is 0.480 e. The predicted octanol–water partition coefficient (Wildman–Crippen LogP) is 5.92. The van der Waals surface area contributed by atoms with Gasteiger partial charge in [0.1, 0.15) is 17.6 Å². The number of carbonyl (C=O) groups excluding carboxylic acids is 1. The number of anilines is 1. The molecule has 0 saturated carbocycles. The second-order valence-electron chi connectivity index (χ2n) is 9.79. The van der Waals surface area contributed by atoms with Crippen molar-refractivity contribution in [3.8, 4) is 22.5 Å². The molecule has 4 aromatic rings. The molecule has 2 heterocycles. The molecule has 0 bridgehead atoms. The molecular formula is C32H32N4O3S. The fourth-order valence-corrected chi connectivity index (χ4v) is 5.69. The van der Waals surface area contributed by atoms with Gasteiger partial charge in [-0.05, 0) is 36.0 Å². The number of carboxylic acids is 1. The van der Waals surface area contributed by atoms with E-state index in [0.29, 0.717) is 17.4 Å². The third-order valence-electron chi connectivity index (χ3n) is 6.88. The molecule has 0 radical (unpaired) electrons. The van der Waals surface area contributed by atoms with Gasteiger partial charge in [-0.25, -0.2) is 14.8 Å². The molecule has 40 heavy (non-hydrogen) atoms. The lowest BCUT2D eigenvalue weighted by atomic mass is 10.0. The Kier molecular flexibility index (Phi) is 9.08. The summed E-state index contributed by atoms with van der Waals surface area (Å²) in [4.78, 5) is 36.9. The van der Waals surface area contributed by atoms with Gasteiger partial charge in [0.2, 0.25) is 0 Å². The van der Waals surface area contributed by atoms with E-state index in [-0.39, 0.29) is 11.4 Å². The zero-order valence-electron chi connectivity index (χ0n) is 22.2. The Morgan fingerprint density at radius 3 is 2.12 bits per heavy atom. The number of nitrogens with one attached hydrogen (secondary N) is 1. The minimum absolute atomic E-state index is 0.164. The lowest BCUT2D eigenvalue weighted by Gasteiger charge is -2.28. The Morgan fingerprint density at radius 2 is 1.45 bits per heavy atom. The summed E-state index contributed by atoms with van der Waals surface area (Å²) in [5, 5.41) is 12.5. The number of aliphatic carboxylic acids is 1. The monoisotopic (exact) mass is 552 g/mol. The van der Waals surface area contributed by atoms with Crippen LogP contribution in [-0.4, -0.2) is 51.8 Å². The van der Waals surface area contributed by atoms with Gasteiger partial charge in [-0.15, -0.1) is 0 Å². The van der Waals surface area contributed by atoms with Crippen LogP contribution in [0.3, 0.4) is 0 Å². The Balaban J connectivity index is 1.37. The van der Waals surface area contributed by atoms with Crippen LogP contribution < -0.4 is 10.2 Å². The van der Waals surface area contributed by atoms with E-state index in [2.05, 4.69) is 27.3 Å². The van der Waals surface area contributed by atoms with E-state index in [0.717, 1.165) is 48.2 Å². The number of amides is 1. The third kappa shape index (κ3) is 7.07. The van der Waals surface area contributed by atoms with Crippen molar-refractivity contribution in [3.05, 3.63) is 102 Å². The molecule has 0 spiro atoms. The van der Waals surface area contributed by atoms with Gasteiger partial charge in [0.15, 0.2) is 5.82 Å². The molecule has 1 saturated heterocycles. The van der Waals surface area contributed by atoms with Gasteiger partial charge >= 0.3 is 5.97 Å². The number of hydrogen-bond acceptors (Lipinski definition) is 6. The average molecular weight is 553 g/mol. The molecule has 0 aliphatic carbocycles. The summed E-state index contributed by atoms with van der Waals surface area (Å²) in [7, 11) is 0. The van der Waals surface area contributed by atoms with E-state index in [1.54, 1.807) is 6.07 Å². The molecule has 8 heteroatoms. The SMILES string of the molecule is O=C(NC(CSCc1ccccc1)C(=O)O)c1cc(N2CCCCC2)nc(-c2ccc(-c3ccccc3)cc2)n1. The zero-order valence-corrected chi connectivity index (χ0v) is 23.0. The molecule has 2 N–H and O–H groups in total. The van der Waals surface area contributed by atoms with Gasteiger partial charge < -0.3 is 15.3 Å². The van der Waals surface area contributed by atoms with Crippen LogP contribution in [-0.2, 0) is 10.5 Å². The quantitative estimate of drug-likeness (QED) is 0.252. The number of carbonyl (C=O) groups is 2. The molecule has 5 rings (SSSR count). The summed E-state index contributed by atoms with van der Waals surface area (Å²) >= 11 is 1.47. The van der Waals surface area contributed by atoms with Crippen LogP contribution in [0.1, 0.15) is 35.3 Å². The van der Waals surface area contributed by atoms with Gasteiger partial charge in [-0.3, -0.25) is 4.79 Å². The molecule has 1 fully saturated rings. The Hall–Kier alpha value is -4.17. The van der Waals surface area contributed by atoms with E-state index in [4.69, 9.17) is 4.98 Å². The third-order valence-corrected chi connectivity index (χ3v) is 7.98. The molecule has 1 atom stereocenters. The highest BCUT2D eigenvalue weighted by atomic mass is 32.2. The van der Waals surface area contributed by atoms with Crippen molar-refractivity contribution in [2.45, 2.75) is 31.1 Å². The van der Waals surface area contributed by atoms with Crippen molar-refractivity contribution in [2.75, 3.05) is 23.7 Å². The van der Waals surface area contributed by atoms with Crippen molar-refractivity contribution in [1.82, 2.24) is 15.3 Å². The second-order valence-corrected chi connectivity index (χ2v) is 10.8. The van der Waals surface area contributed by atoms with Gasteiger partial charge in [0, 0.05) is 36.2 Å². The second kappa shape index (κ2) is 13.3. The smallest absolute Gasteiger partial charge is 0.327 e. The lowest BCUT2D eigenvalue weighted by Crippen LogP contribution is -2.43. The lowest BCUT2D eigenvalue weighted by molar-refractivity contribution is -0.138. The van der Waals surface area contributed by atoms with E-state index in [1.165, 1.54) is 18.2 Å². The first-order valence-corrected chi connectivity index (χ1v) is 14.7. The number of nitrogens with zero attached hydrogens (tertiary/aromatic N) is 3. The molecule has 7 nitrogen and oxygen atoms in total. The van der Waals surface area contributed by atoms with Gasteiger partial charge in [-0.1, -0.05) is 84.9 Å². The number of hydrogen-bond donors (Lipinski definition) is 2. The molecular weight excluding hydrogens is 520 g/mol. The summed E-state index contributed by atoms with van der Waals surface area (Å²) in [5.41, 5.74) is 4.25. The molecule has 3 aromatic carbocycles. The van der Waals surface area contributed by atoms with Crippen molar-refractivity contribution in [1.29, 1.82) is 0 Å². The van der Waals surface area contributed by atoms with E-state index in [1.807, 2.05) is 72.8 Å². The fraction of sp³-hybridized carbons (Fsp3) is 0.250. The molecule has 1 amide bonds. The van der Waals surface area contributed by atoms with Crippen molar-refractivity contribution in [3.63, 3.8) is 0 Å². The summed E-state index contributed by atoms with van der Waals surface area (Å²) < 4.78 is 0. The minimum Gasteiger partial charge on any atom is -0.480 e. The highest BCUT2D eigenvalue weighted by molar-refractivity contribution is 7.98. The Bertz CT molecular complexity index is 1430. The number of benzene rings is 3. The molecule has 1 aliphatic heterocycles. The Labute approximate surface area is 238 Å². The number of rotatable bonds is 10. The van der Waals surface area contributed by atoms with Crippen LogP contribution in [0.15, 0.2) is 91.0 Å². The van der Waals surface area contributed by atoms with Crippen LogP contribution in [0.25, 0.3) is 22.5 Å². The van der Waals surface area contributed by atoms with Crippen LogP contribution in [0.4, 0.5) is 5.82 Å². The highest BCUT2D eigenvalue weighted by Crippen LogP contribution is 2.26. The summed E-state index contributed by atoms with van der Waals surface area (Å²) in [6, 6.07) is 28.6. The number of carboxylic acid groups (broad SMARTS) is 1. The maximum atomic E-state index is 13.4. The maximum absolute atomic E-state index is 13.4. The predicted molar refractivity (Wildman–Crippen MR) is 160 cm³/mol. The fourth-order valence-electron chi connectivity index (χ4n) is 4.68. The Morgan fingerprint density at radius 1 is 0.825 bits per heavy atom. The van der Waals surface area contributed by atoms with Gasteiger partial charge in [0.25, 0.3) is 5.91 Å². The van der Waals surface area contributed by atoms with Gasteiger partial charge in [-0.2, -0.15) is 11.8 Å². The summed E-state index contributed by atoms with van der Waals surface area (Å²) in [6.45, 7) is 1.72. The molecule has 1 aromatic heterocycles. The van der Waals surface area contributed by atoms with E-state index < -0.39 is 17.9 Å². The van der Waals surface area contributed by atoms with E-state index in [9.17, 15) is 14.7 Å². The van der Waals surface area contributed by atoms with Crippen LogP contribution >= 0.6 is 11.8 Å². The first kappa shape index (κ1) is 27.4. The zero-order chi connectivity index (χ0) is 27.7. The first-order chi connectivity index (χ1) is 19.6. The van der Waals surface area contributed by atoms with Gasteiger partial charge in [0.05, 0.1) is 0 Å². The van der Waals surface area contributed by atoms with E-state index >= 15 is 0 Å². The minimum atomic E-state index is -1.07. The first-order valence-electron chi connectivity index (χ1n) is 13.5. The normalized spacial score (nSPS) is 13.9. The molecule has 1 aliphatic rings. The van der Waals surface area contributed by atoms with Crippen LogP contribution in [0.2, 0.25) is 0 Å². The number of thioether (sulfide) groups is 1. The summed E-state index contributed by atoms with van der Waals surface area (Å²) in [5.74, 6) is 0.446. The van der Waals surface area contributed by atoms with Crippen LogP contribution in [0, 0.1) is 0 Å². The van der Waals surface area contributed by atoms with Crippen molar-refractivity contribution in [2.24, 2.45) is 0 Å². The molecule has 204 valence electrons. The highest BCUT2D eigenvalue weighted by Gasteiger charge is 2.24. The number of aromatic nitrogens is 2. The number of piperidine rings is 1. The standard InChI is InChI=1S/C32H32N4O3S/c37-31(34-28(32(38)39)22-40-21-23-10-4-1-5-11-23)27-20-29(36-18-8-3-9-19-36)35-30(33-27)26-16-14-25(15-17-26)24-12-6-2-7-13-24/h1-2,4-7,10-17,20,28H,3,8-9,18-19,21-22H2,(H,34,37)(H,38,39).